The predicted molar refractivity (Wildman–Crippen MR) is 130 cm³/mol. The molecule has 1 aromatic carbocycles. The van der Waals surface area contributed by atoms with E-state index in [0.717, 1.165) is 34.9 Å². The van der Waals surface area contributed by atoms with Crippen LogP contribution in [0.25, 0.3) is 5.65 Å². The van der Waals surface area contributed by atoms with Gasteiger partial charge >= 0.3 is 0 Å². The molecule has 2 atom stereocenters. The number of hydrogen-bond donors (Lipinski definition) is 2. The van der Waals surface area contributed by atoms with Gasteiger partial charge in [0, 0.05) is 23.3 Å². The quantitative estimate of drug-likeness (QED) is 0.378. The molecule has 3 heterocycles. The highest BCUT2D eigenvalue weighted by Crippen LogP contribution is 2.48. The number of nitrogens with one attached hydrogen (secondary N) is 2. The van der Waals surface area contributed by atoms with Gasteiger partial charge in [0.2, 0.25) is 5.91 Å². The van der Waals surface area contributed by atoms with Crippen LogP contribution in [0.15, 0.2) is 67.3 Å². The molecule has 2 aliphatic rings. The number of anilines is 2. The third-order valence-corrected chi connectivity index (χ3v) is 6.69. The van der Waals surface area contributed by atoms with Crippen LogP contribution in [0.3, 0.4) is 0 Å². The van der Waals surface area contributed by atoms with Gasteiger partial charge in [-0.15, -0.1) is 0 Å². The van der Waals surface area contributed by atoms with Gasteiger partial charge in [-0.05, 0) is 66.5 Å². The SMILES string of the molecule is O=C(Nc1cncc(NCc2cn3cc(C4CC4)ccc3n2)c1)[C@H]1C[C@@H]1c1cccc(Cl)c1. The first-order valence-corrected chi connectivity index (χ1v) is 11.7. The highest BCUT2D eigenvalue weighted by molar-refractivity contribution is 6.30. The minimum atomic E-state index is -0.0291. The second-order valence-electron chi connectivity index (χ2n) is 9.04. The summed E-state index contributed by atoms with van der Waals surface area (Å²) in [6.45, 7) is 0.582. The van der Waals surface area contributed by atoms with Crippen molar-refractivity contribution in [3.63, 3.8) is 0 Å². The molecule has 6 nitrogen and oxygen atoms in total. The van der Waals surface area contributed by atoms with Crippen molar-refractivity contribution in [2.45, 2.75) is 37.6 Å². The smallest absolute Gasteiger partial charge is 0.228 e. The first kappa shape index (κ1) is 20.2. The van der Waals surface area contributed by atoms with Crippen molar-refractivity contribution in [3.8, 4) is 0 Å². The molecule has 0 spiro atoms. The van der Waals surface area contributed by atoms with Crippen molar-refractivity contribution in [2.75, 3.05) is 10.6 Å². The summed E-state index contributed by atoms with van der Waals surface area (Å²) in [5.41, 5.74) is 5.94. The number of carbonyl (C=O) groups excluding carboxylic acids is 1. The molecule has 0 saturated heterocycles. The van der Waals surface area contributed by atoms with Crippen LogP contribution in [0.5, 0.6) is 0 Å². The molecule has 0 unspecified atom stereocenters. The summed E-state index contributed by atoms with van der Waals surface area (Å²) in [6.07, 6.45) is 11.1. The lowest BCUT2D eigenvalue weighted by Gasteiger charge is -2.08. The minimum absolute atomic E-state index is 0.0192. The first-order chi connectivity index (χ1) is 16.1. The second-order valence-corrected chi connectivity index (χ2v) is 9.48. The number of aromatic nitrogens is 3. The highest BCUT2D eigenvalue weighted by atomic mass is 35.5. The van der Waals surface area contributed by atoms with E-state index >= 15 is 0 Å². The Bertz CT molecular complexity index is 1350. The maximum atomic E-state index is 12.7. The molecule has 7 heteroatoms. The van der Waals surface area contributed by atoms with Crippen LogP contribution in [0.2, 0.25) is 5.02 Å². The van der Waals surface area contributed by atoms with Crippen molar-refractivity contribution in [1.29, 1.82) is 0 Å². The molecular weight excluding hydrogens is 434 g/mol. The number of carbonyl (C=O) groups is 1. The number of fused-ring (bicyclic) bond motifs is 1. The van der Waals surface area contributed by atoms with Gasteiger partial charge in [-0.25, -0.2) is 4.98 Å². The third-order valence-electron chi connectivity index (χ3n) is 6.46. The normalized spacial score (nSPS) is 19.4. The van der Waals surface area contributed by atoms with E-state index < -0.39 is 0 Å². The van der Waals surface area contributed by atoms with E-state index in [0.29, 0.717) is 17.3 Å². The van der Waals surface area contributed by atoms with Crippen molar-refractivity contribution < 1.29 is 4.79 Å². The molecular formula is C26H24ClN5O. The topological polar surface area (TPSA) is 71.3 Å². The molecule has 1 amide bonds. The standard InChI is InChI=1S/C26H24ClN5O/c27-19-3-1-2-17(8-19)23-10-24(23)26(33)31-21-9-20(11-28-12-21)29-13-22-15-32-14-18(16-4-5-16)6-7-25(32)30-22/h1-3,6-9,11-12,14-16,23-24,29H,4-5,10,13H2,(H,31,33)/t23-,24+/m1/s1. The van der Waals surface area contributed by atoms with Gasteiger partial charge in [0.1, 0.15) is 5.65 Å². The van der Waals surface area contributed by atoms with Crippen molar-refractivity contribution in [3.05, 3.63) is 89.1 Å². The maximum absolute atomic E-state index is 12.7. The van der Waals surface area contributed by atoms with Gasteiger partial charge in [0.15, 0.2) is 0 Å². The highest BCUT2D eigenvalue weighted by Gasteiger charge is 2.44. The van der Waals surface area contributed by atoms with Crippen LogP contribution in [0.1, 0.15) is 47.9 Å². The van der Waals surface area contributed by atoms with Gasteiger partial charge in [-0.2, -0.15) is 0 Å². The van der Waals surface area contributed by atoms with Crippen LogP contribution in [-0.2, 0) is 11.3 Å². The molecule has 0 aliphatic heterocycles. The second kappa shape index (κ2) is 8.19. The Morgan fingerprint density at radius 2 is 1.94 bits per heavy atom. The minimum Gasteiger partial charge on any atom is -0.378 e. The number of nitrogens with zero attached hydrogens (tertiary/aromatic N) is 3. The fraction of sp³-hybridized carbons (Fsp3) is 0.269. The average molecular weight is 458 g/mol. The fourth-order valence-electron chi connectivity index (χ4n) is 4.43. The lowest BCUT2D eigenvalue weighted by Crippen LogP contribution is -2.15. The molecule has 0 radical (unpaired) electrons. The molecule has 2 fully saturated rings. The summed E-state index contributed by atoms with van der Waals surface area (Å²) in [5.74, 6) is 0.941. The predicted octanol–water partition coefficient (Wildman–Crippen LogP) is 5.61. The third kappa shape index (κ3) is 4.44. The molecule has 3 aromatic heterocycles. The number of amides is 1. The summed E-state index contributed by atoms with van der Waals surface area (Å²) in [7, 11) is 0. The molecule has 33 heavy (non-hydrogen) atoms. The van der Waals surface area contributed by atoms with Crippen LogP contribution in [-0.4, -0.2) is 20.3 Å². The zero-order valence-corrected chi connectivity index (χ0v) is 18.8. The average Bonchev–Trinajstić information content (AvgIpc) is 3.74. The van der Waals surface area contributed by atoms with E-state index in [1.165, 1.54) is 18.4 Å². The lowest BCUT2D eigenvalue weighted by atomic mass is 10.1. The van der Waals surface area contributed by atoms with Crippen LogP contribution in [0, 0.1) is 5.92 Å². The molecule has 6 rings (SSSR count). The first-order valence-electron chi connectivity index (χ1n) is 11.4. The molecule has 166 valence electrons. The van der Waals surface area contributed by atoms with Crippen molar-refractivity contribution >= 4 is 34.5 Å². The Labute approximate surface area is 197 Å². The summed E-state index contributed by atoms with van der Waals surface area (Å²) >= 11 is 6.09. The molecule has 0 bridgehead atoms. The van der Waals surface area contributed by atoms with Crippen LogP contribution >= 0.6 is 11.6 Å². The zero-order valence-electron chi connectivity index (χ0n) is 18.0. The van der Waals surface area contributed by atoms with E-state index in [-0.39, 0.29) is 17.7 Å². The molecule has 4 aromatic rings. The molecule has 2 N–H and O–H groups in total. The van der Waals surface area contributed by atoms with Crippen LogP contribution in [0.4, 0.5) is 11.4 Å². The largest absolute Gasteiger partial charge is 0.378 e. The number of pyridine rings is 2. The lowest BCUT2D eigenvalue weighted by molar-refractivity contribution is -0.117. The Morgan fingerprint density at radius 3 is 2.79 bits per heavy atom. The Kier molecular flexibility index (Phi) is 5.03. The Balaban J connectivity index is 1.08. The number of hydrogen-bond acceptors (Lipinski definition) is 4. The van der Waals surface area contributed by atoms with Crippen molar-refractivity contribution in [2.24, 2.45) is 5.92 Å². The number of benzene rings is 1. The van der Waals surface area contributed by atoms with E-state index in [2.05, 4.69) is 44.5 Å². The summed E-state index contributed by atoms with van der Waals surface area (Å²) in [6, 6.07) is 13.9. The number of rotatable bonds is 7. The zero-order chi connectivity index (χ0) is 22.4. The van der Waals surface area contributed by atoms with Gasteiger partial charge in [-0.3, -0.25) is 9.78 Å². The monoisotopic (exact) mass is 457 g/mol. The fourth-order valence-corrected chi connectivity index (χ4v) is 4.63. The molecule has 2 aliphatic carbocycles. The Hall–Kier alpha value is -3.38. The summed E-state index contributed by atoms with van der Waals surface area (Å²) < 4.78 is 2.10. The summed E-state index contributed by atoms with van der Waals surface area (Å²) in [5, 5.41) is 7.08. The maximum Gasteiger partial charge on any atom is 0.228 e. The van der Waals surface area contributed by atoms with Gasteiger partial charge in [0.25, 0.3) is 0 Å². The van der Waals surface area contributed by atoms with Crippen molar-refractivity contribution in [1.82, 2.24) is 14.4 Å². The number of halogens is 1. The van der Waals surface area contributed by atoms with E-state index in [1.807, 2.05) is 30.3 Å². The van der Waals surface area contributed by atoms with Gasteiger partial charge < -0.3 is 15.0 Å². The molecule has 2 saturated carbocycles. The Morgan fingerprint density at radius 1 is 1.06 bits per heavy atom. The number of imidazole rings is 1. The summed E-state index contributed by atoms with van der Waals surface area (Å²) in [4.78, 5) is 21.7. The van der Waals surface area contributed by atoms with Gasteiger partial charge in [-0.1, -0.05) is 29.8 Å². The van der Waals surface area contributed by atoms with E-state index in [1.54, 1.807) is 12.4 Å². The van der Waals surface area contributed by atoms with Gasteiger partial charge in [0.05, 0.1) is 36.0 Å². The van der Waals surface area contributed by atoms with E-state index in [9.17, 15) is 4.79 Å². The van der Waals surface area contributed by atoms with Crippen LogP contribution < -0.4 is 10.6 Å². The van der Waals surface area contributed by atoms with E-state index in [4.69, 9.17) is 16.6 Å².